The molecule has 0 aliphatic heterocycles. The Balaban J connectivity index is 0.00000400. The van der Waals surface area contributed by atoms with E-state index in [1.165, 1.54) is 12.1 Å². The zero-order valence-corrected chi connectivity index (χ0v) is 15.6. The van der Waals surface area contributed by atoms with Gasteiger partial charge in [-0.05, 0) is 52.0 Å². The van der Waals surface area contributed by atoms with Crippen LogP contribution in [0.4, 0.5) is 4.39 Å². The van der Waals surface area contributed by atoms with Crippen molar-refractivity contribution < 1.29 is 9.13 Å². The maximum atomic E-state index is 12.8. The number of nitrogens with one attached hydrogen (secondary N) is 2. The van der Waals surface area contributed by atoms with E-state index in [9.17, 15) is 4.39 Å². The van der Waals surface area contributed by atoms with Gasteiger partial charge in [0.2, 0.25) is 0 Å². The van der Waals surface area contributed by atoms with Crippen molar-refractivity contribution in [1.29, 1.82) is 0 Å². The highest BCUT2D eigenvalue weighted by Crippen LogP contribution is 2.12. The largest absolute Gasteiger partial charge is 0.489 e. The summed E-state index contributed by atoms with van der Waals surface area (Å²) >= 11 is 0. The molecule has 4 nitrogen and oxygen atoms in total. The van der Waals surface area contributed by atoms with Gasteiger partial charge < -0.3 is 15.4 Å². The van der Waals surface area contributed by atoms with Crippen molar-refractivity contribution in [2.45, 2.75) is 39.3 Å². The van der Waals surface area contributed by atoms with Crippen molar-refractivity contribution in [3.63, 3.8) is 0 Å². The van der Waals surface area contributed by atoms with Crippen molar-refractivity contribution >= 4 is 29.9 Å². The van der Waals surface area contributed by atoms with Gasteiger partial charge in [0.15, 0.2) is 5.96 Å². The molecule has 0 radical (unpaired) electrons. The summed E-state index contributed by atoms with van der Waals surface area (Å²) in [5.74, 6) is 1.12. The number of guanidine groups is 1. The van der Waals surface area contributed by atoms with Crippen LogP contribution < -0.4 is 15.4 Å². The molecule has 2 N–H and O–H groups in total. The zero-order valence-electron chi connectivity index (χ0n) is 13.2. The molecule has 0 saturated carbocycles. The van der Waals surface area contributed by atoms with E-state index in [1.54, 1.807) is 19.2 Å². The van der Waals surface area contributed by atoms with E-state index in [4.69, 9.17) is 4.74 Å². The molecule has 0 saturated heterocycles. The molecule has 6 heteroatoms. The molecule has 120 valence electrons. The maximum absolute atomic E-state index is 12.8. The van der Waals surface area contributed by atoms with E-state index >= 15 is 0 Å². The molecule has 0 amide bonds. The summed E-state index contributed by atoms with van der Waals surface area (Å²) in [6.45, 7) is 8.75. The van der Waals surface area contributed by atoms with Crippen molar-refractivity contribution in [2.24, 2.45) is 4.99 Å². The van der Waals surface area contributed by atoms with Gasteiger partial charge in [-0.15, -0.1) is 24.0 Å². The summed E-state index contributed by atoms with van der Waals surface area (Å²) in [6, 6.07) is 6.01. The summed E-state index contributed by atoms with van der Waals surface area (Å²) in [6.07, 6.45) is -0.0565. The van der Waals surface area contributed by atoms with E-state index < -0.39 is 0 Å². The van der Waals surface area contributed by atoms with E-state index in [-0.39, 0.29) is 41.4 Å². The second kappa shape index (κ2) is 9.07. The van der Waals surface area contributed by atoms with Crippen molar-refractivity contribution in [1.82, 2.24) is 10.6 Å². The van der Waals surface area contributed by atoms with Crippen molar-refractivity contribution in [3.8, 4) is 5.75 Å². The molecule has 0 aliphatic carbocycles. The fourth-order valence-corrected chi connectivity index (χ4v) is 1.56. The van der Waals surface area contributed by atoms with Crippen LogP contribution in [0.15, 0.2) is 29.3 Å². The highest BCUT2D eigenvalue weighted by atomic mass is 127. The number of rotatable bonds is 4. The second-order valence-electron chi connectivity index (χ2n) is 5.71. The normalized spacial score (nSPS) is 13.1. The molecule has 0 fully saturated rings. The summed E-state index contributed by atoms with van der Waals surface area (Å²) in [7, 11) is 1.73. The third-order valence-electron chi connectivity index (χ3n) is 2.42. The van der Waals surface area contributed by atoms with Crippen LogP contribution >= 0.6 is 24.0 Å². The predicted molar refractivity (Wildman–Crippen MR) is 96.2 cm³/mol. The molecule has 0 aromatic heterocycles. The minimum atomic E-state index is -0.266. The van der Waals surface area contributed by atoms with Gasteiger partial charge in [0.1, 0.15) is 17.7 Å². The van der Waals surface area contributed by atoms with Crippen molar-refractivity contribution in [3.05, 3.63) is 30.1 Å². The third-order valence-corrected chi connectivity index (χ3v) is 2.42. The number of aliphatic imine (C=N–C) groups is 1. The van der Waals surface area contributed by atoms with E-state index in [0.717, 1.165) is 5.96 Å². The first kappa shape index (κ1) is 19.9. The van der Waals surface area contributed by atoms with Crippen LogP contribution in [-0.4, -0.2) is 31.2 Å². The number of hydrogen-bond donors (Lipinski definition) is 2. The van der Waals surface area contributed by atoms with Crippen LogP contribution in [0.2, 0.25) is 0 Å². The molecule has 1 atom stereocenters. The number of ether oxygens (including phenoxy) is 1. The lowest BCUT2D eigenvalue weighted by atomic mass is 10.1. The standard InChI is InChI=1S/C15H24FN3O.HI/c1-11(20-13-8-6-12(16)7-9-13)10-18-14(17-5)19-15(2,3)4;/h6-9,11H,10H2,1-5H3,(H2,17,18,19);1H. The lowest BCUT2D eigenvalue weighted by Crippen LogP contribution is -2.49. The fraction of sp³-hybridized carbons (Fsp3) is 0.533. The zero-order chi connectivity index (χ0) is 15.2. The Morgan fingerprint density at radius 2 is 1.86 bits per heavy atom. The molecule has 1 aromatic rings. The van der Waals surface area contributed by atoms with Gasteiger partial charge in [0.25, 0.3) is 0 Å². The first-order valence-corrected chi connectivity index (χ1v) is 6.71. The molecule has 0 aliphatic rings. The van der Waals surface area contributed by atoms with Gasteiger partial charge in [-0.3, -0.25) is 4.99 Å². The van der Waals surface area contributed by atoms with Gasteiger partial charge in [-0.25, -0.2) is 4.39 Å². The molecule has 0 spiro atoms. The minimum Gasteiger partial charge on any atom is -0.489 e. The smallest absolute Gasteiger partial charge is 0.191 e. The number of halogens is 2. The summed E-state index contributed by atoms with van der Waals surface area (Å²) in [4.78, 5) is 4.15. The molecular weight excluding hydrogens is 384 g/mol. The first-order chi connectivity index (χ1) is 9.30. The Morgan fingerprint density at radius 1 is 1.29 bits per heavy atom. The number of hydrogen-bond acceptors (Lipinski definition) is 2. The van der Waals surface area contributed by atoms with Gasteiger partial charge >= 0.3 is 0 Å². The van der Waals surface area contributed by atoms with Crippen molar-refractivity contribution in [2.75, 3.05) is 13.6 Å². The Kier molecular flexibility index (Phi) is 8.61. The Hall–Kier alpha value is -1.05. The highest BCUT2D eigenvalue weighted by molar-refractivity contribution is 14.0. The molecule has 21 heavy (non-hydrogen) atoms. The first-order valence-electron chi connectivity index (χ1n) is 6.71. The average molecular weight is 409 g/mol. The van der Waals surface area contributed by atoms with Gasteiger partial charge in [-0.2, -0.15) is 0 Å². The predicted octanol–water partition coefficient (Wildman–Crippen LogP) is 3.17. The minimum absolute atomic E-state index is 0. The number of benzene rings is 1. The fourth-order valence-electron chi connectivity index (χ4n) is 1.56. The SMILES string of the molecule is CN=C(NCC(C)Oc1ccc(F)cc1)NC(C)(C)C.I. The molecule has 0 heterocycles. The van der Waals surface area contributed by atoms with Crippen LogP contribution in [0, 0.1) is 5.82 Å². The van der Waals surface area contributed by atoms with E-state index in [2.05, 4.69) is 36.4 Å². The summed E-state index contributed by atoms with van der Waals surface area (Å²) in [5.41, 5.74) is -0.0527. The lowest BCUT2D eigenvalue weighted by molar-refractivity contribution is 0.223. The number of nitrogens with zero attached hydrogens (tertiary/aromatic N) is 1. The summed E-state index contributed by atoms with van der Waals surface area (Å²) in [5, 5.41) is 6.46. The molecule has 1 aromatic carbocycles. The topological polar surface area (TPSA) is 45.7 Å². The van der Waals surface area contributed by atoms with Gasteiger partial charge in [0.05, 0.1) is 6.54 Å². The molecule has 1 unspecified atom stereocenters. The van der Waals surface area contributed by atoms with Gasteiger partial charge in [-0.1, -0.05) is 0 Å². The van der Waals surface area contributed by atoms with Crippen LogP contribution in [0.1, 0.15) is 27.7 Å². The van der Waals surface area contributed by atoms with E-state index in [0.29, 0.717) is 12.3 Å². The van der Waals surface area contributed by atoms with Gasteiger partial charge in [0, 0.05) is 12.6 Å². The van der Waals surface area contributed by atoms with Crippen LogP contribution in [0.25, 0.3) is 0 Å². The third kappa shape index (κ3) is 8.75. The lowest BCUT2D eigenvalue weighted by Gasteiger charge is -2.25. The Bertz CT molecular complexity index is 443. The Morgan fingerprint density at radius 3 is 2.33 bits per heavy atom. The molecule has 0 bridgehead atoms. The summed E-state index contributed by atoms with van der Waals surface area (Å²) < 4.78 is 18.5. The maximum Gasteiger partial charge on any atom is 0.191 e. The van der Waals surface area contributed by atoms with Crippen LogP contribution in [-0.2, 0) is 0 Å². The van der Waals surface area contributed by atoms with Crippen LogP contribution in [0.5, 0.6) is 5.75 Å². The Labute approximate surface area is 143 Å². The highest BCUT2D eigenvalue weighted by Gasteiger charge is 2.12. The monoisotopic (exact) mass is 409 g/mol. The van der Waals surface area contributed by atoms with E-state index in [1.807, 2.05) is 6.92 Å². The quantitative estimate of drug-likeness (QED) is 0.456. The molecular formula is C15H25FIN3O. The van der Waals surface area contributed by atoms with Crippen LogP contribution in [0.3, 0.4) is 0 Å². The molecule has 1 rings (SSSR count). The average Bonchev–Trinajstić information content (AvgIpc) is 2.36. The second-order valence-corrected chi connectivity index (χ2v) is 5.71.